The molecule has 2 heterocycles. The molecule has 9 heteroatoms. The van der Waals surface area contributed by atoms with Crippen molar-refractivity contribution >= 4 is 23.5 Å². The van der Waals surface area contributed by atoms with Gasteiger partial charge in [0.1, 0.15) is 5.76 Å². The number of carbonyl (C=O) groups excluding carboxylic acids is 1. The summed E-state index contributed by atoms with van der Waals surface area (Å²) in [4.78, 5) is 28.9. The van der Waals surface area contributed by atoms with E-state index in [2.05, 4.69) is 20.4 Å². The molecule has 0 bridgehead atoms. The summed E-state index contributed by atoms with van der Waals surface area (Å²) >= 11 is 1.16. The molecule has 0 saturated heterocycles. The van der Waals surface area contributed by atoms with Gasteiger partial charge in [0.15, 0.2) is 11.0 Å². The van der Waals surface area contributed by atoms with Crippen molar-refractivity contribution in [3.63, 3.8) is 0 Å². The highest BCUT2D eigenvalue weighted by Crippen LogP contribution is 2.15. The Morgan fingerprint density at radius 1 is 1.55 bits per heavy atom. The number of hydrogen-bond donors (Lipinski definition) is 3. The minimum Gasteiger partial charge on any atom is -0.493 e. The van der Waals surface area contributed by atoms with Gasteiger partial charge in [0.2, 0.25) is 11.8 Å². The van der Waals surface area contributed by atoms with E-state index in [-0.39, 0.29) is 23.4 Å². The molecule has 0 aliphatic carbocycles. The molecule has 0 fully saturated rings. The van der Waals surface area contributed by atoms with E-state index in [4.69, 9.17) is 9.63 Å². The average molecular weight is 296 g/mol. The SMILES string of the molecule is Cc1cc(NC(=O)CCSc2nc(O)cc(=O)[nH]2)no1. The van der Waals surface area contributed by atoms with Crippen LogP contribution in [0, 0.1) is 6.92 Å². The lowest BCUT2D eigenvalue weighted by molar-refractivity contribution is -0.115. The molecule has 0 saturated carbocycles. The molecule has 8 nitrogen and oxygen atoms in total. The Morgan fingerprint density at radius 2 is 2.35 bits per heavy atom. The zero-order chi connectivity index (χ0) is 14.5. The Hall–Kier alpha value is -2.29. The van der Waals surface area contributed by atoms with E-state index >= 15 is 0 Å². The first-order chi connectivity index (χ1) is 9.52. The van der Waals surface area contributed by atoms with Crippen LogP contribution in [0.3, 0.4) is 0 Å². The Labute approximate surface area is 117 Å². The standard InChI is InChI=1S/C11H12N4O4S/c1-6-4-7(15-19-6)12-8(16)2-3-20-11-13-9(17)5-10(18)14-11/h4-5H,2-3H2,1H3,(H,12,15,16)(H2,13,14,17,18). The smallest absolute Gasteiger partial charge is 0.255 e. The summed E-state index contributed by atoms with van der Waals surface area (Å²) in [6, 6.07) is 2.59. The van der Waals surface area contributed by atoms with Crippen LogP contribution in [-0.4, -0.2) is 31.9 Å². The fourth-order valence-corrected chi connectivity index (χ4v) is 2.17. The van der Waals surface area contributed by atoms with Gasteiger partial charge in [0, 0.05) is 18.2 Å². The number of aryl methyl sites for hydroxylation is 1. The number of H-pyrrole nitrogens is 1. The van der Waals surface area contributed by atoms with Gasteiger partial charge in [-0.2, -0.15) is 4.98 Å². The van der Waals surface area contributed by atoms with Crippen LogP contribution in [0.4, 0.5) is 5.82 Å². The highest BCUT2D eigenvalue weighted by Gasteiger charge is 2.07. The predicted molar refractivity (Wildman–Crippen MR) is 71.7 cm³/mol. The maximum absolute atomic E-state index is 11.6. The number of nitrogens with one attached hydrogen (secondary N) is 2. The number of hydrogen-bond acceptors (Lipinski definition) is 7. The van der Waals surface area contributed by atoms with Crippen molar-refractivity contribution in [1.29, 1.82) is 0 Å². The van der Waals surface area contributed by atoms with E-state index in [1.54, 1.807) is 13.0 Å². The number of anilines is 1. The van der Waals surface area contributed by atoms with Crippen LogP contribution in [-0.2, 0) is 4.79 Å². The zero-order valence-corrected chi connectivity index (χ0v) is 11.4. The highest BCUT2D eigenvalue weighted by atomic mass is 32.2. The molecule has 0 radical (unpaired) electrons. The molecule has 2 rings (SSSR count). The van der Waals surface area contributed by atoms with Crippen LogP contribution in [0.5, 0.6) is 5.88 Å². The summed E-state index contributed by atoms with van der Waals surface area (Å²) < 4.78 is 4.82. The van der Waals surface area contributed by atoms with Gasteiger partial charge < -0.3 is 19.9 Å². The number of nitrogens with zero attached hydrogens (tertiary/aromatic N) is 2. The van der Waals surface area contributed by atoms with Gasteiger partial charge in [0.05, 0.1) is 6.07 Å². The lowest BCUT2D eigenvalue weighted by atomic mass is 10.4. The third kappa shape index (κ3) is 4.12. The summed E-state index contributed by atoms with van der Waals surface area (Å²) in [5.41, 5.74) is -0.442. The van der Waals surface area contributed by atoms with Gasteiger partial charge in [0.25, 0.3) is 5.56 Å². The largest absolute Gasteiger partial charge is 0.493 e. The van der Waals surface area contributed by atoms with E-state index < -0.39 is 5.56 Å². The Morgan fingerprint density at radius 3 is 3.00 bits per heavy atom. The topological polar surface area (TPSA) is 121 Å². The van der Waals surface area contributed by atoms with Crippen molar-refractivity contribution in [1.82, 2.24) is 15.1 Å². The number of aromatic hydroxyl groups is 1. The van der Waals surface area contributed by atoms with E-state index in [9.17, 15) is 9.59 Å². The molecule has 106 valence electrons. The monoisotopic (exact) mass is 296 g/mol. The number of aromatic nitrogens is 3. The highest BCUT2D eigenvalue weighted by molar-refractivity contribution is 7.99. The van der Waals surface area contributed by atoms with Gasteiger partial charge in [-0.25, -0.2) is 0 Å². The Kier molecular flexibility index (Phi) is 4.41. The summed E-state index contributed by atoms with van der Waals surface area (Å²) in [6.07, 6.45) is 0.204. The molecule has 0 aliphatic heterocycles. The van der Waals surface area contributed by atoms with Crippen LogP contribution in [0.15, 0.2) is 26.6 Å². The Bertz CT molecular complexity index is 666. The number of carbonyl (C=O) groups is 1. The van der Waals surface area contributed by atoms with Crippen molar-refractivity contribution in [3.8, 4) is 5.88 Å². The van der Waals surface area contributed by atoms with Crippen molar-refractivity contribution in [2.45, 2.75) is 18.5 Å². The molecule has 2 aromatic heterocycles. The van der Waals surface area contributed by atoms with Crippen LogP contribution in [0.25, 0.3) is 0 Å². The number of aromatic amines is 1. The van der Waals surface area contributed by atoms with Gasteiger partial charge in [-0.3, -0.25) is 9.59 Å². The molecular weight excluding hydrogens is 284 g/mol. The van der Waals surface area contributed by atoms with Crippen molar-refractivity contribution < 1.29 is 14.4 Å². The van der Waals surface area contributed by atoms with Crippen molar-refractivity contribution in [3.05, 3.63) is 28.2 Å². The molecule has 3 N–H and O–H groups in total. The van der Waals surface area contributed by atoms with Crippen LogP contribution in [0.2, 0.25) is 0 Å². The maximum atomic E-state index is 11.6. The second-order valence-electron chi connectivity index (χ2n) is 3.88. The minimum atomic E-state index is -0.442. The molecule has 20 heavy (non-hydrogen) atoms. The maximum Gasteiger partial charge on any atom is 0.255 e. The third-order valence-corrected chi connectivity index (χ3v) is 3.04. The molecule has 0 spiro atoms. The lowest BCUT2D eigenvalue weighted by Gasteiger charge is -2.01. The van der Waals surface area contributed by atoms with Crippen LogP contribution >= 0.6 is 11.8 Å². The third-order valence-electron chi connectivity index (χ3n) is 2.17. The molecular formula is C11H12N4O4S. The molecule has 0 atom stereocenters. The first-order valence-electron chi connectivity index (χ1n) is 5.69. The first kappa shape index (κ1) is 14.1. The number of thioether (sulfide) groups is 1. The Balaban J connectivity index is 1.80. The second-order valence-corrected chi connectivity index (χ2v) is 4.96. The summed E-state index contributed by atoms with van der Waals surface area (Å²) in [5, 5.41) is 15.6. The lowest BCUT2D eigenvalue weighted by Crippen LogP contribution is -2.13. The number of rotatable bonds is 5. The van der Waals surface area contributed by atoms with E-state index in [1.807, 2.05) is 0 Å². The van der Waals surface area contributed by atoms with Gasteiger partial charge in [-0.05, 0) is 6.92 Å². The van der Waals surface area contributed by atoms with E-state index in [0.717, 1.165) is 17.8 Å². The van der Waals surface area contributed by atoms with Crippen molar-refractivity contribution in [2.75, 3.05) is 11.1 Å². The summed E-state index contributed by atoms with van der Waals surface area (Å²) in [5.74, 6) is 0.791. The molecule has 1 amide bonds. The predicted octanol–water partition coefficient (Wildman–Crippen LogP) is 0.893. The first-order valence-corrected chi connectivity index (χ1v) is 6.68. The quantitative estimate of drug-likeness (QED) is 0.553. The van der Waals surface area contributed by atoms with Crippen molar-refractivity contribution in [2.24, 2.45) is 0 Å². The molecule has 2 aromatic rings. The van der Waals surface area contributed by atoms with Gasteiger partial charge >= 0.3 is 0 Å². The average Bonchev–Trinajstić information content (AvgIpc) is 2.73. The summed E-state index contributed by atoms with van der Waals surface area (Å²) in [6.45, 7) is 1.72. The van der Waals surface area contributed by atoms with Crippen LogP contribution in [0.1, 0.15) is 12.2 Å². The van der Waals surface area contributed by atoms with Crippen LogP contribution < -0.4 is 10.9 Å². The summed E-state index contributed by atoms with van der Waals surface area (Å²) in [7, 11) is 0. The van der Waals surface area contributed by atoms with E-state index in [1.165, 1.54) is 0 Å². The minimum absolute atomic E-state index is 0.204. The fourth-order valence-electron chi connectivity index (χ4n) is 1.36. The van der Waals surface area contributed by atoms with Gasteiger partial charge in [-0.15, -0.1) is 0 Å². The molecule has 0 aromatic carbocycles. The van der Waals surface area contributed by atoms with E-state index in [0.29, 0.717) is 17.3 Å². The fraction of sp³-hybridized carbons (Fsp3) is 0.273. The van der Waals surface area contributed by atoms with Gasteiger partial charge in [-0.1, -0.05) is 16.9 Å². The second kappa shape index (κ2) is 6.24. The number of amides is 1. The molecule has 0 aliphatic rings. The zero-order valence-electron chi connectivity index (χ0n) is 10.5. The molecule has 0 unspecified atom stereocenters. The normalized spacial score (nSPS) is 10.4.